The molecule has 103 heavy (non-hydrogen) atoms. The number of rotatable bonds is 10. The highest BCUT2D eigenvalue weighted by Gasteiger charge is 2.42. The molecule has 0 aliphatic carbocycles. The number of fused-ring (bicyclic) bond motifs is 3. The minimum absolute atomic E-state index is 0.0469. The number of anilines is 8. The van der Waals surface area contributed by atoms with E-state index >= 15 is 0 Å². The number of pyridine rings is 3. The number of aliphatic hydroxyl groups is 3. The number of carbonyl (C=O) groups is 6. The van der Waals surface area contributed by atoms with Crippen LogP contribution < -0.4 is 31.1 Å². The van der Waals surface area contributed by atoms with Gasteiger partial charge in [-0.3, -0.25) is 14.4 Å². The molecule has 6 atom stereocenters. The SMILES string of the molecule is CC(C)(C)OC(=O)N1Cc2c(Cl)ccc(Br)c2C1=O.CC(O)C1CN(c2ccc(N)nc2)CCO1.CC(O)C1CN(c2ccc(Nc3ccc(Cl)c4c3C(=O)N(C(=O)OC(C)(C)C)C4)nc2)CCO1.CC(O)C1CN(c2ccc(Nc3ccc(Cl)c4c3C(=O)N(C(=O)OC(C)(C)C)C4)nc2)CCO1. The summed E-state index contributed by atoms with van der Waals surface area (Å²) in [6.45, 7) is 26.9. The number of benzene rings is 3. The number of carbonyl (C=O) groups excluding carboxylic acids is 6. The molecular weight excluding hydrogens is 1460 g/mol. The second kappa shape index (κ2) is 33.3. The summed E-state index contributed by atoms with van der Waals surface area (Å²) in [7, 11) is 0. The van der Waals surface area contributed by atoms with Crippen LogP contribution in [-0.4, -0.2) is 193 Å². The van der Waals surface area contributed by atoms with E-state index in [0.29, 0.717) is 134 Å². The van der Waals surface area contributed by atoms with Crippen molar-refractivity contribution in [3.8, 4) is 0 Å². The summed E-state index contributed by atoms with van der Waals surface area (Å²) in [5.74, 6) is 0.267. The van der Waals surface area contributed by atoms with Gasteiger partial charge in [0, 0.05) is 75.5 Å². The predicted molar refractivity (Wildman–Crippen MR) is 395 cm³/mol. The Morgan fingerprint density at radius 2 is 0.806 bits per heavy atom. The average Bonchev–Trinajstić information content (AvgIpc) is 1.64. The first-order chi connectivity index (χ1) is 48.4. The molecule has 6 unspecified atom stereocenters. The Hall–Kier alpha value is -8.16. The fourth-order valence-electron chi connectivity index (χ4n) is 11.5. The van der Waals surface area contributed by atoms with Gasteiger partial charge in [-0.1, -0.05) is 34.8 Å². The molecule has 6 aromatic rings. The van der Waals surface area contributed by atoms with E-state index in [9.17, 15) is 44.1 Å². The highest BCUT2D eigenvalue weighted by molar-refractivity contribution is 9.10. The lowest BCUT2D eigenvalue weighted by Crippen LogP contribution is -2.47. The van der Waals surface area contributed by atoms with E-state index in [1.54, 1.807) is 144 Å². The van der Waals surface area contributed by atoms with Gasteiger partial charge in [0.05, 0.1) is 121 Å². The summed E-state index contributed by atoms with van der Waals surface area (Å²) in [5.41, 5.74) is 10.2. The number of ether oxygens (including phenoxy) is 6. The minimum atomic E-state index is -0.724. The Balaban J connectivity index is 0.000000167. The number of morpholine rings is 3. The lowest BCUT2D eigenvalue weighted by Gasteiger charge is -2.35. The Morgan fingerprint density at radius 1 is 0.495 bits per heavy atom. The molecule has 6 amide bonds. The summed E-state index contributed by atoms with van der Waals surface area (Å²) in [6.07, 6.45) is 0.952. The van der Waals surface area contributed by atoms with Gasteiger partial charge in [-0.15, -0.1) is 0 Å². The van der Waals surface area contributed by atoms with Crippen molar-refractivity contribution in [1.82, 2.24) is 29.7 Å². The number of nitrogens with two attached hydrogens (primary N) is 1. The third kappa shape index (κ3) is 20.2. The van der Waals surface area contributed by atoms with Crippen LogP contribution in [0.15, 0.2) is 95.9 Å². The Kier molecular flexibility index (Phi) is 25.5. The minimum Gasteiger partial charge on any atom is -0.443 e. The first-order valence-corrected chi connectivity index (χ1v) is 35.4. The van der Waals surface area contributed by atoms with E-state index in [-0.39, 0.29) is 37.9 Å². The van der Waals surface area contributed by atoms with Crippen molar-refractivity contribution in [1.29, 1.82) is 0 Å². The molecular formula is C72H88BrCl3N12O15. The molecule has 6 aliphatic rings. The third-order valence-corrected chi connectivity index (χ3v) is 18.4. The van der Waals surface area contributed by atoms with Gasteiger partial charge in [0.2, 0.25) is 0 Å². The Morgan fingerprint density at radius 3 is 1.10 bits per heavy atom. The molecule has 3 aromatic carbocycles. The molecule has 3 saturated heterocycles. The largest absolute Gasteiger partial charge is 0.443 e. The molecule has 31 heteroatoms. The lowest BCUT2D eigenvalue weighted by molar-refractivity contribution is -0.0364. The zero-order chi connectivity index (χ0) is 75.2. The number of halogens is 4. The second-order valence-corrected chi connectivity index (χ2v) is 30.3. The normalized spacial score (nSPS) is 18.9. The van der Waals surface area contributed by atoms with Gasteiger partial charge in [0.25, 0.3) is 17.7 Å². The van der Waals surface area contributed by atoms with Crippen LogP contribution in [0.5, 0.6) is 0 Å². The second-order valence-electron chi connectivity index (χ2n) is 28.2. The Labute approximate surface area is 621 Å². The summed E-state index contributed by atoms with van der Waals surface area (Å²) >= 11 is 22.1. The highest BCUT2D eigenvalue weighted by atomic mass is 79.9. The quantitative estimate of drug-likeness (QED) is 0.0694. The van der Waals surface area contributed by atoms with Crippen molar-refractivity contribution in [2.24, 2.45) is 0 Å². The van der Waals surface area contributed by atoms with Crippen LogP contribution in [0.25, 0.3) is 0 Å². The van der Waals surface area contributed by atoms with Crippen LogP contribution in [0.4, 0.5) is 60.3 Å². The van der Waals surface area contributed by atoms with Crippen molar-refractivity contribution >= 4 is 133 Å². The van der Waals surface area contributed by atoms with Crippen molar-refractivity contribution in [3.63, 3.8) is 0 Å². The van der Waals surface area contributed by atoms with Gasteiger partial charge in [-0.05, 0) is 172 Å². The van der Waals surface area contributed by atoms with Gasteiger partial charge in [0.15, 0.2) is 0 Å². The fraction of sp³-hybridized carbons (Fsp3) is 0.458. The Bertz CT molecular complexity index is 3890. The maximum atomic E-state index is 13.1. The number of amides is 6. The summed E-state index contributed by atoms with van der Waals surface area (Å²) in [4.78, 5) is 98.1. The van der Waals surface area contributed by atoms with Gasteiger partial charge in [0.1, 0.15) is 52.6 Å². The molecule has 0 saturated carbocycles. The number of nitrogen functional groups attached to an aromatic ring is 1. The van der Waals surface area contributed by atoms with E-state index in [4.69, 9.17) is 69.0 Å². The summed E-state index contributed by atoms with van der Waals surface area (Å²) < 4.78 is 33.3. The molecule has 0 radical (unpaired) electrons. The number of nitrogens with one attached hydrogen (secondary N) is 2. The smallest absolute Gasteiger partial charge is 0.417 e. The lowest BCUT2D eigenvalue weighted by atomic mass is 10.1. The summed E-state index contributed by atoms with van der Waals surface area (Å²) in [6, 6.07) is 21.3. The van der Waals surface area contributed by atoms with E-state index < -0.39 is 71.1 Å². The summed E-state index contributed by atoms with van der Waals surface area (Å²) in [5, 5.41) is 36.8. The molecule has 6 aliphatic heterocycles. The number of imide groups is 3. The van der Waals surface area contributed by atoms with Crippen molar-refractivity contribution in [2.75, 3.05) is 90.2 Å². The van der Waals surface area contributed by atoms with Gasteiger partial charge < -0.3 is 74.8 Å². The van der Waals surface area contributed by atoms with Crippen LogP contribution in [0, 0.1) is 0 Å². The first kappa shape index (κ1) is 79.0. The zero-order valence-corrected chi connectivity index (χ0v) is 63.3. The van der Waals surface area contributed by atoms with Crippen molar-refractivity contribution in [2.45, 2.75) is 156 Å². The monoisotopic (exact) mass is 1540 g/mol. The molecule has 9 heterocycles. The van der Waals surface area contributed by atoms with E-state index in [2.05, 4.69) is 56.2 Å². The predicted octanol–water partition coefficient (Wildman–Crippen LogP) is 12.2. The van der Waals surface area contributed by atoms with E-state index in [0.717, 1.165) is 38.3 Å². The number of aliphatic hydroxyl groups excluding tert-OH is 3. The molecule has 12 rings (SSSR count). The number of hydrogen-bond acceptors (Lipinski definition) is 24. The molecule has 0 spiro atoms. The number of nitrogens with zero attached hydrogens (tertiary/aromatic N) is 9. The zero-order valence-electron chi connectivity index (χ0n) is 59.5. The van der Waals surface area contributed by atoms with Gasteiger partial charge in [-0.2, -0.15) is 0 Å². The maximum Gasteiger partial charge on any atom is 0.417 e. The average molecular weight is 1550 g/mol. The fourth-order valence-corrected chi connectivity index (χ4v) is 12.7. The topological polar surface area (TPSA) is 327 Å². The van der Waals surface area contributed by atoms with E-state index in [1.807, 2.05) is 30.3 Å². The van der Waals surface area contributed by atoms with Crippen LogP contribution in [0.1, 0.15) is 131 Å². The van der Waals surface area contributed by atoms with Crippen LogP contribution in [0.3, 0.4) is 0 Å². The molecule has 3 aromatic heterocycles. The van der Waals surface area contributed by atoms with Crippen molar-refractivity contribution < 1.29 is 72.5 Å². The molecule has 27 nitrogen and oxygen atoms in total. The maximum absolute atomic E-state index is 13.1. The first-order valence-electron chi connectivity index (χ1n) is 33.5. The number of aromatic nitrogens is 3. The molecule has 0 bridgehead atoms. The van der Waals surface area contributed by atoms with Crippen LogP contribution >= 0.6 is 50.7 Å². The van der Waals surface area contributed by atoms with Crippen LogP contribution in [-0.2, 0) is 48.1 Å². The van der Waals surface area contributed by atoms with E-state index in [1.165, 1.54) is 0 Å². The van der Waals surface area contributed by atoms with Crippen LogP contribution in [0.2, 0.25) is 15.1 Å². The van der Waals surface area contributed by atoms with Gasteiger partial charge in [-0.25, -0.2) is 44.0 Å². The van der Waals surface area contributed by atoms with Crippen molar-refractivity contribution in [3.05, 3.63) is 144 Å². The molecule has 7 N–H and O–H groups in total. The highest BCUT2D eigenvalue weighted by Crippen LogP contribution is 2.40. The standard InChI is InChI=1S/2C24H29ClN4O5.C13H13BrClNO3.C11H17N3O2/c2*1-14(30)19-13-28(9-10-33-19)15-5-8-20(26-11-15)27-18-7-6-17(25)16-12-29(22(31)21(16)18)23(32)34-24(2,3)4;1-13(2,3)19-12(18)16-6-7-9(15)5-4-8(14)10(7)11(16)17;1-8(15)10-7-14(4-5-16-10)9-2-3-11(12)13-6-9/h2*5-8,11,14,19,30H,9-10,12-13H2,1-4H3,(H,26,27);4-5H,6H2,1-3H3;2-3,6,8,10,15H,4-5,7H2,1H3,(H2,12,13). The third-order valence-electron chi connectivity index (χ3n) is 16.7. The number of hydrogen-bond donors (Lipinski definition) is 6. The molecule has 554 valence electrons. The molecule has 3 fully saturated rings. The van der Waals surface area contributed by atoms with Gasteiger partial charge >= 0.3 is 18.3 Å².